The Hall–Kier alpha value is -1.71. The number of hydrogen-bond acceptors (Lipinski definition) is 4. The molecule has 3 aliphatic rings. The van der Waals surface area contributed by atoms with E-state index in [1.165, 1.54) is 12.1 Å². The van der Waals surface area contributed by atoms with Crippen LogP contribution in [-0.2, 0) is 4.79 Å². The van der Waals surface area contributed by atoms with E-state index in [1.807, 2.05) is 0 Å². The summed E-state index contributed by atoms with van der Waals surface area (Å²) in [4.78, 5) is 12.1. The van der Waals surface area contributed by atoms with Crippen molar-refractivity contribution in [3.63, 3.8) is 0 Å². The van der Waals surface area contributed by atoms with Crippen molar-refractivity contribution in [2.45, 2.75) is 32.6 Å². The Balaban J connectivity index is 2.06. The second-order valence-electron chi connectivity index (χ2n) is 6.39. The van der Waals surface area contributed by atoms with E-state index < -0.39 is 0 Å². The normalized spacial score (nSPS) is 31.9. The van der Waals surface area contributed by atoms with Gasteiger partial charge in [-0.1, -0.05) is 13.8 Å². The lowest BCUT2D eigenvalue weighted by Crippen LogP contribution is -2.56. The van der Waals surface area contributed by atoms with Crippen LogP contribution in [0.15, 0.2) is 12.1 Å². The molecular formula is C15H18O4. The number of Topliss-reactive ketones (excluding diaryl/α,β-unsaturated/α-hetero) is 1. The number of carbonyl (C=O) groups excluding carboxylic acids is 1. The smallest absolute Gasteiger partial charge is 0.137 e. The zero-order chi connectivity index (χ0) is 13.9. The second kappa shape index (κ2) is 3.65. The summed E-state index contributed by atoms with van der Waals surface area (Å²) in [6.07, 6.45) is 1.20. The van der Waals surface area contributed by atoms with E-state index in [1.54, 1.807) is 0 Å². The summed E-state index contributed by atoms with van der Waals surface area (Å²) >= 11 is 0. The predicted octanol–water partition coefficient (Wildman–Crippen LogP) is 2.52. The van der Waals surface area contributed by atoms with Gasteiger partial charge in [0.2, 0.25) is 0 Å². The quantitative estimate of drug-likeness (QED) is 0.726. The number of phenolic OH excluding ortho intramolecular Hbond substituents is 3. The summed E-state index contributed by atoms with van der Waals surface area (Å²) in [7, 11) is 0. The third kappa shape index (κ3) is 1.55. The molecule has 102 valence electrons. The van der Waals surface area contributed by atoms with Crippen molar-refractivity contribution < 1.29 is 20.1 Å². The number of carbonyl (C=O) groups is 1. The summed E-state index contributed by atoms with van der Waals surface area (Å²) < 4.78 is 0. The van der Waals surface area contributed by atoms with Gasteiger partial charge >= 0.3 is 0 Å². The first-order valence-corrected chi connectivity index (χ1v) is 6.60. The lowest BCUT2D eigenvalue weighted by molar-refractivity contribution is -0.151. The first kappa shape index (κ1) is 12.3. The molecule has 3 aliphatic carbocycles. The van der Waals surface area contributed by atoms with Crippen LogP contribution in [0.1, 0.15) is 38.2 Å². The molecule has 3 fully saturated rings. The van der Waals surface area contributed by atoms with Gasteiger partial charge in [0.05, 0.1) is 0 Å². The number of ketones is 1. The van der Waals surface area contributed by atoms with Gasteiger partial charge < -0.3 is 15.3 Å². The van der Waals surface area contributed by atoms with Crippen LogP contribution in [0.4, 0.5) is 0 Å². The lowest BCUT2D eigenvalue weighted by atomic mass is 9.44. The average molecular weight is 262 g/mol. The monoisotopic (exact) mass is 262 g/mol. The largest absolute Gasteiger partial charge is 0.508 e. The molecule has 4 heteroatoms. The minimum absolute atomic E-state index is 0.0727. The molecule has 0 aliphatic heterocycles. The maximum absolute atomic E-state index is 12.1. The number of phenols is 3. The SMILES string of the molecule is CC1(C)C2C[C@@H]1[C@H](c1c(O)cc(O)cc1O)CC2=O. The third-order valence-corrected chi connectivity index (χ3v) is 5.13. The molecule has 0 amide bonds. The molecule has 1 aromatic rings. The molecule has 3 saturated carbocycles. The van der Waals surface area contributed by atoms with Crippen molar-refractivity contribution in [2.24, 2.45) is 17.3 Å². The molecule has 0 saturated heterocycles. The molecule has 0 radical (unpaired) electrons. The Kier molecular flexibility index (Phi) is 2.37. The zero-order valence-corrected chi connectivity index (χ0v) is 11.1. The fraction of sp³-hybridized carbons (Fsp3) is 0.533. The Morgan fingerprint density at radius 1 is 1.16 bits per heavy atom. The highest BCUT2D eigenvalue weighted by Crippen LogP contribution is 2.64. The molecule has 4 nitrogen and oxygen atoms in total. The van der Waals surface area contributed by atoms with Crippen LogP contribution in [0, 0.1) is 17.3 Å². The Bertz CT molecular complexity index is 538. The fourth-order valence-corrected chi connectivity index (χ4v) is 3.98. The minimum atomic E-state index is -0.174. The van der Waals surface area contributed by atoms with Crippen molar-refractivity contribution in [3.8, 4) is 17.2 Å². The van der Waals surface area contributed by atoms with Crippen molar-refractivity contribution >= 4 is 5.78 Å². The minimum Gasteiger partial charge on any atom is -0.508 e. The number of hydrogen-bond donors (Lipinski definition) is 3. The molecule has 2 bridgehead atoms. The van der Waals surface area contributed by atoms with Crippen LogP contribution >= 0.6 is 0 Å². The first-order valence-electron chi connectivity index (χ1n) is 6.60. The molecule has 0 spiro atoms. The summed E-state index contributed by atoms with van der Waals surface area (Å²) in [5.41, 5.74) is 0.332. The van der Waals surface area contributed by atoms with E-state index in [0.717, 1.165) is 6.42 Å². The Labute approximate surface area is 111 Å². The molecular weight excluding hydrogens is 244 g/mol. The average Bonchev–Trinajstić information content (AvgIpc) is 2.25. The molecule has 3 atom stereocenters. The zero-order valence-electron chi connectivity index (χ0n) is 11.1. The molecule has 4 rings (SSSR count). The van der Waals surface area contributed by atoms with Crippen LogP contribution in [0.3, 0.4) is 0 Å². The second-order valence-corrected chi connectivity index (χ2v) is 6.39. The molecule has 1 aromatic carbocycles. The topological polar surface area (TPSA) is 77.8 Å². The van der Waals surface area contributed by atoms with Gasteiger partial charge in [0.1, 0.15) is 23.0 Å². The van der Waals surface area contributed by atoms with Gasteiger partial charge in [-0.05, 0) is 17.8 Å². The van der Waals surface area contributed by atoms with Gasteiger partial charge in [-0.3, -0.25) is 4.79 Å². The first-order chi connectivity index (χ1) is 8.82. The summed E-state index contributed by atoms with van der Waals surface area (Å²) in [6, 6.07) is 2.44. The van der Waals surface area contributed by atoms with E-state index in [2.05, 4.69) is 13.8 Å². The highest BCUT2D eigenvalue weighted by Gasteiger charge is 2.59. The summed E-state index contributed by atoms with van der Waals surface area (Å²) in [5, 5.41) is 29.3. The van der Waals surface area contributed by atoms with E-state index >= 15 is 0 Å². The van der Waals surface area contributed by atoms with Crippen LogP contribution in [0.2, 0.25) is 0 Å². The standard InChI is InChI=1S/C15H18O4/c1-15(2)9-6-10(15)11(17)5-8(9)14-12(18)3-7(16)4-13(14)19/h3-4,8-10,16,18-19H,5-6H2,1-2H3/t8-,9-,10?/m1/s1. The molecule has 0 heterocycles. The Morgan fingerprint density at radius 3 is 2.21 bits per heavy atom. The lowest BCUT2D eigenvalue weighted by Gasteiger charge is -2.58. The molecule has 19 heavy (non-hydrogen) atoms. The van der Waals surface area contributed by atoms with Crippen LogP contribution < -0.4 is 0 Å². The molecule has 1 unspecified atom stereocenters. The van der Waals surface area contributed by atoms with E-state index in [4.69, 9.17) is 0 Å². The highest BCUT2D eigenvalue weighted by molar-refractivity contribution is 5.86. The summed E-state index contributed by atoms with van der Waals surface area (Å²) in [5.74, 6) is 0.0312. The summed E-state index contributed by atoms with van der Waals surface area (Å²) in [6.45, 7) is 4.15. The number of rotatable bonds is 1. The van der Waals surface area contributed by atoms with Crippen molar-refractivity contribution in [1.82, 2.24) is 0 Å². The number of benzene rings is 1. The van der Waals surface area contributed by atoms with Gasteiger partial charge in [-0.2, -0.15) is 0 Å². The van der Waals surface area contributed by atoms with Crippen molar-refractivity contribution in [2.75, 3.05) is 0 Å². The van der Waals surface area contributed by atoms with E-state index in [-0.39, 0.29) is 46.2 Å². The van der Waals surface area contributed by atoms with Crippen LogP contribution in [-0.4, -0.2) is 21.1 Å². The van der Waals surface area contributed by atoms with Crippen LogP contribution in [0.5, 0.6) is 17.2 Å². The molecule has 3 N–H and O–H groups in total. The van der Waals surface area contributed by atoms with Gasteiger partial charge in [0.25, 0.3) is 0 Å². The maximum Gasteiger partial charge on any atom is 0.137 e. The fourth-order valence-electron chi connectivity index (χ4n) is 3.98. The Morgan fingerprint density at radius 2 is 1.74 bits per heavy atom. The third-order valence-electron chi connectivity index (χ3n) is 5.13. The number of fused-ring (bicyclic) bond motifs is 2. The van der Waals surface area contributed by atoms with Crippen molar-refractivity contribution in [1.29, 1.82) is 0 Å². The maximum atomic E-state index is 12.1. The van der Waals surface area contributed by atoms with Gasteiger partial charge in [-0.15, -0.1) is 0 Å². The van der Waals surface area contributed by atoms with Gasteiger partial charge in [0.15, 0.2) is 0 Å². The number of aromatic hydroxyl groups is 3. The van der Waals surface area contributed by atoms with E-state index in [0.29, 0.717) is 12.0 Å². The van der Waals surface area contributed by atoms with Crippen LogP contribution in [0.25, 0.3) is 0 Å². The molecule has 0 aromatic heterocycles. The van der Waals surface area contributed by atoms with Gasteiger partial charge in [-0.25, -0.2) is 0 Å². The van der Waals surface area contributed by atoms with E-state index in [9.17, 15) is 20.1 Å². The predicted molar refractivity (Wildman–Crippen MR) is 69.2 cm³/mol. The van der Waals surface area contributed by atoms with Gasteiger partial charge in [0, 0.05) is 36.0 Å². The highest BCUT2D eigenvalue weighted by atomic mass is 16.3. The van der Waals surface area contributed by atoms with Crippen molar-refractivity contribution in [3.05, 3.63) is 17.7 Å².